The van der Waals surface area contributed by atoms with Crippen molar-refractivity contribution < 1.29 is 14.4 Å². The Morgan fingerprint density at radius 3 is 2.54 bits per heavy atom. The molecule has 0 spiro atoms. The van der Waals surface area contributed by atoms with E-state index in [2.05, 4.69) is 24.5 Å². The summed E-state index contributed by atoms with van der Waals surface area (Å²) in [4.78, 5) is 37.8. The van der Waals surface area contributed by atoms with Crippen LogP contribution in [-0.4, -0.2) is 35.8 Å². The molecule has 0 aliphatic carbocycles. The first-order valence-corrected chi connectivity index (χ1v) is 8.31. The first kappa shape index (κ1) is 18.0. The molecule has 130 valence electrons. The van der Waals surface area contributed by atoms with Gasteiger partial charge in [-0.15, -0.1) is 0 Å². The Balaban J connectivity index is 1.96. The Hall–Kier alpha value is -2.37. The van der Waals surface area contributed by atoms with Crippen LogP contribution in [-0.2, 0) is 15.1 Å². The number of nitrogens with zero attached hydrogens (tertiary/aromatic N) is 1. The van der Waals surface area contributed by atoms with Crippen molar-refractivity contribution in [3.8, 4) is 0 Å². The predicted octanol–water partition coefficient (Wildman–Crippen LogP) is 2.01. The predicted molar refractivity (Wildman–Crippen MR) is 91.1 cm³/mol. The summed E-state index contributed by atoms with van der Waals surface area (Å²) in [5, 5.41) is 5.45. The Labute approximate surface area is 142 Å². The molecule has 0 aromatic heterocycles. The summed E-state index contributed by atoms with van der Waals surface area (Å²) >= 11 is 0. The molecular weight excluding hydrogens is 306 g/mol. The highest BCUT2D eigenvalue weighted by Crippen LogP contribution is 2.28. The molecule has 1 atom stereocenters. The van der Waals surface area contributed by atoms with Crippen LogP contribution in [0.25, 0.3) is 0 Å². The van der Waals surface area contributed by atoms with E-state index in [1.807, 2.05) is 18.2 Å². The van der Waals surface area contributed by atoms with Gasteiger partial charge in [0.15, 0.2) is 0 Å². The number of amides is 4. The molecule has 1 aromatic rings. The van der Waals surface area contributed by atoms with E-state index in [9.17, 15) is 14.4 Å². The normalized spacial score (nSPS) is 20.4. The van der Waals surface area contributed by atoms with E-state index < -0.39 is 17.5 Å². The van der Waals surface area contributed by atoms with Crippen molar-refractivity contribution >= 4 is 17.8 Å². The second-order valence-corrected chi connectivity index (χ2v) is 6.70. The fraction of sp³-hybridized carbons (Fsp3) is 0.500. The Morgan fingerprint density at radius 1 is 1.25 bits per heavy atom. The van der Waals surface area contributed by atoms with Crippen LogP contribution in [0.4, 0.5) is 4.79 Å². The molecule has 0 saturated carbocycles. The van der Waals surface area contributed by atoms with E-state index >= 15 is 0 Å². The van der Waals surface area contributed by atoms with Gasteiger partial charge in [-0.1, -0.05) is 44.2 Å². The fourth-order valence-electron chi connectivity index (χ4n) is 2.75. The Kier molecular flexibility index (Phi) is 5.59. The van der Waals surface area contributed by atoms with Crippen molar-refractivity contribution in [2.75, 3.05) is 13.1 Å². The molecule has 1 aromatic carbocycles. The summed E-state index contributed by atoms with van der Waals surface area (Å²) in [6.07, 6.45) is 1.90. The lowest BCUT2D eigenvalue weighted by molar-refractivity contribution is -0.134. The van der Waals surface area contributed by atoms with Crippen molar-refractivity contribution in [2.24, 2.45) is 5.92 Å². The molecule has 24 heavy (non-hydrogen) atoms. The third-order valence-electron chi connectivity index (χ3n) is 4.21. The Morgan fingerprint density at radius 2 is 1.92 bits per heavy atom. The third-order valence-corrected chi connectivity index (χ3v) is 4.21. The number of hydrogen-bond donors (Lipinski definition) is 2. The maximum atomic E-state index is 12.7. The molecule has 1 heterocycles. The van der Waals surface area contributed by atoms with Crippen molar-refractivity contribution in [1.82, 2.24) is 15.5 Å². The van der Waals surface area contributed by atoms with Crippen LogP contribution >= 0.6 is 0 Å². The highest BCUT2D eigenvalue weighted by Gasteiger charge is 2.49. The average Bonchev–Trinajstić information content (AvgIpc) is 2.77. The summed E-state index contributed by atoms with van der Waals surface area (Å²) in [6, 6.07) is 8.50. The van der Waals surface area contributed by atoms with Crippen LogP contribution < -0.4 is 10.6 Å². The number of carbonyl (C=O) groups excluding carboxylic acids is 3. The molecule has 0 radical (unpaired) electrons. The minimum atomic E-state index is -1.13. The van der Waals surface area contributed by atoms with Gasteiger partial charge in [0.1, 0.15) is 12.1 Å². The quantitative estimate of drug-likeness (QED) is 0.592. The molecule has 1 unspecified atom stereocenters. The summed E-state index contributed by atoms with van der Waals surface area (Å²) < 4.78 is 0. The van der Waals surface area contributed by atoms with Crippen LogP contribution in [0.3, 0.4) is 0 Å². The first-order chi connectivity index (χ1) is 11.3. The van der Waals surface area contributed by atoms with E-state index in [1.54, 1.807) is 19.1 Å². The van der Waals surface area contributed by atoms with Crippen LogP contribution in [0.5, 0.6) is 0 Å². The van der Waals surface area contributed by atoms with Crippen molar-refractivity contribution in [1.29, 1.82) is 0 Å². The number of imide groups is 1. The number of carbonyl (C=O) groups is 3. The van der Waals surface area contributed by atoms with Gasteiger partial charge in [-0.3, -0.25) is 14.5 Å². The molecule has 6 heteroatoms. The third kappa shape index (κ3) is 3.93. The minimum absolute atomic E-state index is 0.255. The molecule has 1 fully saturated rings. The molecule has 1 saturated heterocycles. The zero-order chi connectivity index (χ0) is 17.7. The maximum absolute atomic E-state index is 12.7. The van der Waals surface area contributed by atoms with Crippen LogP contribution in [0.1, 0.15) is 39.2 Å². The standard InChI is InChI=1S/C18H25N3O3/c1-13(2)8-7-11-19-15(22)12-21-16(23)18(3,20-17(21)24)14-9-5-4-6-10-14/h4-6,9-10,13H,7-8,11-12H2,1-3H3,(H,19,22)(H,20,24). The second-order valence-electron chi connectivity index (χ2n) is 6.70. The summed E-state index contributed by atoms with van der Waals surface area (Å²) in [5.41, 5.74) is -0.431. The number of rotatable bonds is 7. The lowest BCUT2D eigenvalue weighted by Gasteiger charge is -2.22. The van der Waals surface area contributed by atoms with Crippen LogP contribution in [0.2, 0.25) is 0 Å². The van der Waals surface area contributed by atoms with Gasteiger partial charge in [0.05, 0.1) is 0 Å². The molecule has 2 N–H and O–H groups in total. The van der Waals surface area contributed by atoms with Gasteiger partial charge < -0.3 is 10.6 Å². The van der Waals surface area contributed by atoms with Gasteiger partial charge >= 0.3 is 6.03 Å². The van der Waals surface area contributed by atoms with Gasteiger partial charge in [-0.25, -0.2) is 4.79 Å². The molecule has 0 bridgehead atoms. The summed E-state index contributed by atoms with van der Waals surface area (Å²) in [6.45, 7) is 6.20. The van der Waals surface area contributed by atoms with Gasteiger partial charge in [-0.05, 0) is 31.2 Å². The maximum Gasteiger partial charge on any atom is 0.325 e. The minimum Gasteiger partial charge on any atom is -0.355 e. The van der Waals surface area contributed by atoms with Gasteiger partial charge in [0.25, 0.3) is 5.91 Å². The Bertz CT molecular complexity index is 615. The zero-order valence-corrected chi connectivity index (χ0v) is 14.5. The highest BCUT2D eigenvalue weighted by molar-refractivity contribution is 6.09. The van der Waals surface area contributed by atoms with E-state index in [0.29, 0.717) is 18.0 Å². The summed E-state index contributed by atoms with van der Waals surface area (Å²) in [5.74, 6) is -0.144. The largest absolute Gasteiger partial charge is 0.355 e. The first-order valence-electron chi connectivity index (χ1n) is 8.31. The van der Waals surface area contributed by atoms with E-state index in [-0.39, 0.29) is 12.5 Å². The number of hydrogen-bond acceptors (Lipinski definition) is 3. The molecule has 4 amide bonds. The van der Waals surface area contributed by atoms with Crippen molar-refractivity contribution in [2.45, 2.75) is 39.2 Å². The van der Waals surface area contributed by atoms with Crippen LogP contribution in [0, 0.1) is 5.92 Å². The van der Waals surface area contributed by atoms with E-state index in [0.717, 1.165) is 17.7 Å². The summed E-state index contributed by atoms with van der Waals surface area (Å²) in [7, 11) is 0. The van der Waals surface area contributed by atoms with Gasteiger partial charge in [0, 0.05) is 6.54 Å². The van der Waals surface area contributed by atoms with Gasteiger partial charge in [0.2, 0.25) is 5.91 Å². The van der Waals surface area contributed by atoms with E-state index in [4.69, 9.17) is 0 Å². The molecular formula is C18H25N3O3. The topological polar surface area (TPSA) is 78.5 Å². The highest BCUT2D eigenvalue weighted by atomic mass is 16.2. The molecule has 1 aliphatic rings. The molecule has 2 rings (SSSR count). The molecule has 6 nitrogen and oxygen atoms in total. The average molecular weight is 331 g/mol. The smallest absolute Gasteiger partial charge is 0.325 e. The molecule has 1 aliphatic heterocycles. The van der Waals surface area contributed by atoms with Crippen molar-refractivity contribution in [3.63, 3.8) is 0 Å². The lowest BCUT2D eigenvalue weighted by Crippen LogP contribution is -2.43. The van der Waals surface area contributed by atoms with Crippen molar-refractivity contribution in [3.05, 3.63) is 35.9 Å². The number of nitrogens with one attached hydrogen (secondary N) is 2. The zero-order valence-electron chi connectivity index (χ0n) is 14.5. The van der Waals surface area contributed by atoms with E-state index in [1.165, 1.54) is 0 Å². The van der Waals surface area contributed by atoms with Crippen LogP contribution in [0.15, 0.2) is 30.3 Å². The number of urea groups is 1. The SMILES string of the molecule is CC(C)CCCNC(=O)CN1C(=O)NC(C)(c2ccccc2)C1=O. The fourth-order valence-corrected chi connectivity index (χ4v) is 2.75. The second kappa shape index (κ2) is 7.47. The number of benzene rings is 1. The van der Waals surface area contributed by atoms with Gasteiger partial charge in [-0.2, -0.15) is 0 Å². The lowest BCUT2D eigenvalue weighted by atomic mass is 9.92. The monoisotopic (exact) mass is 331 g/mol.